The van der Waals surface area contributed by atoms with E-state index in [-0.39, 0.29) is 12.6 Å². The van der Waals surface area contributed by atoms with Gasteiger partial charge in [0.2, 0.25) is 0 Å². The molecule has 0 radical (unpaired) electrons. The van der Waals surface area contributed by atoms with Crippen LogP contribution in [0, 0.1) is 0 Å². The Balaban J connectivity index is 1.35. The van der Waals surface area contributed by atoms with Crippen molar-refractivity contribution in [3.63, 3.8) is 0 Å². The maximum absolute atomic E-state index is 14.2. The summed E-state index contributed by atoms with van der Waals surface area (Å²) in [6.45, 7) is 2.20. The zero-order valence-corrected chi connectivity index (χ0v) is 19.8. The van der Waals surface area contributed by atoms with Crippen LogP contribution in [0.4, 0.5) is 23.7 Å². The molecule has 1 atom stereocenters. The molecule has 1 aliphatic carbocycles. The molecule has 2 aliphatic rings. The third-order valence-electron chi connectivity index (χ3n) is 6.77. The van der Waals surface area contributed by atoms with Crippen molar-refractivity contribution in [3.05, 3.63) is 24.7 Å². The number of urea groups is 1. The fourth-order valence-corrected chi connectivity index (χ4v) is 5.04. The molecule has 2 amide bonds. The van der Waals surface area contributed by atoms with Crippen molar-refractivity contribution in [2.45, 2.75) is 76.4 Å². The second kappa shape index (κ2) is 8.21. The number of nitrogens with one attached hydrogen (secondary N) is 2. The van der Waals surface area contributed by atoms with E-state index in [4.69, 9.17) is 4.74 Å². The number of ether oxygens (including phenoxy) is 1. The van der Waals surface area contributed by atoms with Gasteiger partial charge in [0.25, 0.3) is 0 Å². The Labute approximate surface area is 200 Å². The van der Waals surface area contributed by atoms with Crippen LogP contribution in [0.1, 0.15) is 46.5 Å². The lowest BCUT2D eigenvalue weighted by Gasteiger charge is -2.45. The molecule has 0 bridgehead atoms. The lowest BCUT2D eigenvalue weighted by Crippen LogP contribution is -2.55. The van der Waals surface area contributed by atoms with Crippen LogP contribution in [0.25, 0.3) is 22.3 Å². The van der Waals surface area contributed by atoms with Crippen LogP contribution in [0.3, 0.4) is 0 Å². The van der Waals surface area contributed by atoms with Gasteiger partial charge in [0.1, 0.15) is 11.4 Å². The summed E-state index contributed by atoms with van der Waals surface area (Å²) in [7, 11) is 0. The first-order valence-electron chi connectivity index (χ1n) is 11.6. The fraction of sp³-hybridized carbons (Fsp3) is 0.565. The van der Waals surface area contributed by atoms with Gasteiger partial charge in [0.05, 0.1) is 41.4 Å². The first-order chi connectivity index (χ1) is 16.5. The Hall–Kier alpha value is -3.15. The fourth-order valence-electron chi connectivity index (χ4n) is 5.04. The summed E-state index contributed by atoms with van der Waals surface area (Å²) >= 11 is 0. The molecule has 1 aliphatic heterocycles. The minimum Gasteiger partial charge on any atom is -0.319 e. The van der Waals surface area contributed by atoms with E-state index in [0.717, 1.165) is 18.2 Å². The van der Waals surface area contributed by atoms with E-state index in [0.29, 0.717) is 42.0 Å². The van der Waals surface area contributed by atoms with E-state index in [1.807, 2.05) is 0 Å². The van der Waals surface area contributed by atoms with Crippen molar-refractivity contribution in [1.82, 2.24) is 29.9 Å². The number of rotatable bonds is 6. The van der Waals surface area contributed by atoms with Gasteiger partial charge in [-0.1, -0.05) is 0 Å². The van der Waals surface area contributed by atoms with Gasteiger partial charge in [-0.05, 0) is 52.5 Å². The minimum absolute atomic E-state index is 0.0811. The molecule has 4 heterocycles. The average molecular weight is 492 g/mol. The van der Waals surface area contributed by atoms with Crippen LogP contribution in [-0.2, 0) is 11.3 Å². The number of anilines is 1. The molecule has 188 valence electrons. The van der Waals surface area contributed by atoms with Crippen LogP contribution < -0.4 is 5.32 Å². The number of aromatic amines is 1. The number of hydrogen-bond acceptors (Lipinski definition) is 5. The van der Waals surface area contributed by atoms with Crippen molar-refractivity contribution in [3.8, 4) is 11.4 Å². The number of aromatic nitrogens is 5. The topological polar surface area (TPSA) is 101 Å². The summed E-state index contributed by atoms with van der Waals surface area (Å²) in [5.74, 6) is 0. The molecule has 0 aromatic carbocycles. The van der Waals surface area contributed by atoms with Crippen LogP contribution in [0.5, 0.6) is 0 Å². The molecule has 35 heavy (non-hydrogen) atoms. The summed E-state index contributed by atoms with van der Waals surface area (Å²) in [5, 5.41) is 14.9. The van der Waals surface area contributed by atoms with Gasteiger partial charge in [0.15, 0.2) is 0 Å². The first-order valence-corrected chi connectivity index (χ1v) is 11.6. The Morgan fingerprint density at radius 3 is 2.74 bits per heavy atom. The molecular formula is C23H28F3N7O2. The summed E-state index contributed by atoms with van der Waals surface area (Å²) in [6, 6.07) is 1.45. The van der Waals surface area contributed by atoms with Crippen LogP contribution in [0.2, 0.25) is 0 Å². The summed E-state index contributed by atoms with van der Waals surface area (Å²) in [4.78, 5) is 19.4. The second-order valence-electron chi connectivity index (χ2n) is 10.4. The predicted molar refractivity (Wildman–Crippen MR) is 123 cm³/mol. The summed E-state index contributed by atoms with van der Waals surface area (Å²) in [6.07, 6.45) is 6.93. The highest BCUT2D eigenvalue weighted by atomic mass is 19.3. The van der Waals surface area contributed by atoms with Crippen LogP contribution >= 0.6 is 0 Å². The zero-order valence-electron chi connectivity index (χ0n) is 19.8. The molecule has 1 saturated carbocycles. The Bertz CT molecular complexity index is 1250. The molecule has 5 rings (SSSR count). The number of pyridine rings is 1. The first kappa shape index (κ1) is 23.6. The highest BCUT2D eigenvalue weighted by Gasteiger charge is 2.57. The molecule has 1 saturated heterocycles. The van der Waals surface area contributed by atoms with Gasteiger partial charge < -0.3 is 15.0 Å². The maximum atomic E-state index is 14.2. The van der Waals surface area contributed by atoms with E-state index in [2.05, 4.69) is 25.6 Å². The molecule has 3 aromatic heterocycles. The zero-order chi connectivity index (χ0) is 25.0. The number of amides is 2. The van der Waals surface area contributed by atoms with Crippen LogP contribution in [-0.4, -0.2) is 65.9 Å². The number of carbonyl (C=O) groups is 1. The van der Waals surface area contributed by atoms with Gasteiger partial charge in [-0.25, -0.2) is 9.18 Å². The maximum Gasteiger partial charge on any atom is 0.345 e. The number of piperidine rings is 1. The van der Waals surface area contributed by atoms with Gasteiger partial charge in [-0.3, -0.25) is 14.8 Å². The minimum atomic E-state index is -2.85. The SMILES string of the molecule is CC(C)(F)Cn1ncc2cnc(-c3[nH]ncc3NC(=O)N3CCC(C)(OC(F)F)CC34CC4)cc21. The number of alkyl halides is 3. The molecule has 3 aromatic rings. The largest absolute Gasteiger partial charge is 0.345 e. The smallest absolute Gasteiger partial charge is 0.319 e. The van der Waals surface area contributed by atoms with E-state index < -0.39 is 23.4 Å². The van der Waals surface area contributed by atoms with Crippen molar-refractivity contribution in [2.24, 2.45) is 0 Å². The number of fused-ring (bicyclic) bond motifs is 1. The number of hydrogen-bond donors (Lipinski definition) is 2. The van der Waals surface area contributed by atoms with E-state index >= 15 is 0 Å². The van der Waals surface area contributed by atoms with Crippen molar-refractivity contribution >= 4 is 22.6 Å². The van der Waals surface area contributed by atoms with Gasteiger partial charge in [-0.2, -0.15) is 19.0 Å². The van der Waals surface area contributed by atoms with Crippen molar-refractivity contribution < 1.29 is 22.7 Å². The lowest BCUT2D eigenvalue weighted by molar-refractivity contribution is -0.219. The highest BCUT2D eigenvalue weighted by molar-refractivity contribution is 5.94. The molecule has 2 fully saturated rings. The molecular weight excluding hydrogens is 463 g/mol. The third kappa shape index (κ3) is 4.71. The number of carbonyl (C=O) groups excluding carboxylic acids is 1. The average Bonchev–Trinajstić information content (AvgIpc) is 3.15. The third-order valence-corrected chi connectivity index (χ3v) is 6.77. The van der Waals surface area contributed by atoms with Gasteiger partial charge in [0, 0.05) is 23.7 Å². The molecule has 9 nitrogen and oxygen atoms in total. The Morgan fingerprint density at radius 2 is 2.06 bits per heavy atom. The highest BCUT2D eigenvalue weighted by Crippen LogP contribution is 2.52. The lowest BCUT2D eigenvalue weighted by atomic mass is 9.86. The molecule has 2 N–H and O–H groups in total. The number of H-pyrrole nitrogens is 1. The molecule has 12 heteroatoms. The van der Waals surface area contributed by atoms with Gasteiger partial charge in [-0.15, -0.1) is 0 Å². The van der Waals surface area contributed by atoms with Crippen LogP contribution in [0.15, 0.2) is 24.7 Å². The number of nitrogens with zero attached hydrogens (tertiary/aromatic N) is 5. The predicted octanol–water partition coefficient (Wildman–Crippen LogP) is 4.73. The Morgan fingerprint density at radius 1 is 1.29 bits per heavy atom. The Kier molecular flexibility index (Phi) is 5.53. The monoisotopic (exact) mass is 491 g/mol. The van der Waals surface area contributed by atoms with Crippen molar-refractivity contribution in [2.75, 3.05) is 11.9 Å². The number of halogens is 3. The second-order valence-corrected chi connectivity index (χ2v) is 10.4. The standard InChI is InChI=1S/C23H28F3N7O2/c1-21(2,26)13-33-17-8-15(27-9-14(17)10-29-33)18-16(11-28-31-18)30-20(34)32-7-6-22(3,35-19(24)25)12-23(32)4-5-23/h8-11,19H,4-7,12-13H2,1-3H3,(H,28,31)(H,30,34). The summed E-state index contributed by atoms with van der Waals surface area (Å²) in [5.41, 5.74) is -0.719. The quantitative estimate of drug-likeness (QED) is 0.519. The normalized spacial score (nSPS) is 21.7. The van der Waals surface area contributed by atoms with E-state index in [1.54, 1.807) is 35.0 Å². The van der Waals surface area contributed by atoms with E-state index in [1.165, 1.54) is 20.0 Å². The van der Waals surface area contributed by atoms with Gasteiger partial charge >= 0.3 is 12.6 Å². The summed E-state index contributed by atoms with van der Waals surface area (Å²) < 4.78 is 46.5. The van der Waals surface area contributed by atoms with Crippen molar-refractivity contribution in [1.29, 1.82) is 0 Å². The van der Waals surface area contributed by atoms with E-state index in [9.17, 15) is 18.0 Å². The molecule has 1 spiro atoms. The number of likely N-dealkylation sites (tertiary alicyclic amines) is 1. The molecule has 1 unspecified atom stereocenters.